The molecule has 24 heavy (non-hydrogen) atoms. The van der Waals surface area contributed by atoms with Gasteiger partial charge < -0.3 is 19.5 Å². The van der Waals surface area contributed by atoms with E-state index in [9.17, 15) is 4.79 Å². The van der Waals surface area contributed by atoms with E-state index in [4.69, 9.17) is 9.26 Å². The van der Waals surface area contributed by atoms with Gasteiger partial charge in [-0.05, 0) is 51.1 Å². The molecule has 1 aromatic heterocycles. The number of aromatic nitrogens is 2. The molecular weight excluding hydrogens is 308 g/mol. The number of nitrogens with one attached hydrogen (secondary N) is 1. The van der Waals surface area contributed by atoms with Crippen molar-refractivity contribution in [1.82, 2.24) is 20.4 Å². The van der Waals surface area contributed by atoms with Gasteiger partial charge in [-0.15, -0.1) is 0 Å². The second-order valence-electron chi connectivity index (χ2n) is 7.41. The summed E-state index contributed by atoms with van der Waals surface area (Å²) in [4.78, 5) is 19.3. The number of fused-ring (bicyclic) bond motifs is 1. The molecule has 0 saturated carbocycles. The second kappa shape index (κ2) is 6.80. The van der Waals surface area contributed by atoms with Crippen molar-refractivity contribution in [1.29, 1.82) is 0 Å². The summed E-state index contributed by atoms with van der Waals surface area (Å²) in [5.41, 5.74) is 0. The van der Waals surface area contributed by atoms with Gasteiger partial charge in [-0.2, -0.15) is 4.98 Å². The van der Waals surface area contributed by atoms with Gasteiger partial charge in [-0.3, -0.25) is 4.79 Å². The maximum absolute atomic E-state index is 12.4. The number of hydrogen-bond donors (Lipinski definition) is 1. The van der Waals surface area contributed by atoms with Crippen LogP contribution in [-0.2, 0) is 9.53 Å². The van der Waals surface area contributed by atoms with Crippen LogP contribution in [0.1, 0.15) is 36.9 Å². The van der Waals surface area contributed by atoms with E-state index < -0.39 is 0 Å². The Balaban J connectivity index is 1.47. The van der Waals surface area contributed by atoms with E-state index in [1.807, 2.05) is 6.92 Å². The lowest BCUT2D eigenvalue weighted by Crippen LogP contribution is -2.46. The van der Waals surface area contributed by atoms with Crippen molar-refractivity contribution in [2.45, 2.75) is 32.1 Å². The minimum Gasteiger partial charge on any atom is -0.381 e. The third-order valence-electron chi connectivity index (χ3n) is 5.80. The van der Waals surface area contributed by atoms with Crippen molar-refractivity contribution in [3.8, 4) is 0 Å². The highest BCUT2D eigenvalue weighted by Gasteiger charge is 2.43. The third kappa shape index (κ3) is 3.19. The summed E-state index contributed by atoms with van der Waals surface area (Å²) in [7, 11) is 0. The van der Waals surface area contributed by atoms with Crippen LogP contribution in [0.5, 0.6) is 0 Å². The van der Waals surface area contributed by atoms with Crippen LogP contribution in [0.2, 0.25) is 0 Å². The average molecular weight is 334 g/mol. The fourth-order valence-electron chi connectivity index (χ4n) is 4.49. The number of piperidine rings is 1. The first-order chi connectivity index (χ1) is 11.7. The van der Waals surface area contributed by atoms with Gasteiger partial charge in [-0.1, -0.05) is 5.16 Å². The molecule has 3 fully saturated rings. The van der Waals surface area contributed by atoms with Gasteiger partial charge >= 0.3 is 0 Å². The molecule has 0 bridgehead atoms. The fraction of sp³-hybridized carbons (Fsp3) is 0.824. The standard InChI is InChI=1S/C17H26N4O3/c1-11-19-17(24-20-11)15-8-18-16(22)14-3-6-21(5-2-13(14)15)9-12-4-7-23-10-12/h12-15H,2-10H2,1H3,(H,18,22)/t12?,13-,14+,15+/m0/s1. The van der Waals surface area contributed by atoms with Crippen LogP contribution in [0.15, 0.2) is 4.52 Å². The summed E-state index contributed by atoms with van der Waals surface area (Å²) in [5, 5.41) is 6.98. The molecule has 1 N–H and O–H groups in total. The number of carbonyl (C=O) groups excluding carboxylic acids is 1. The first-order valence-electron chi connectivity index (χ1n) is 9.08. The van der Waals surface area contributed by atoms with Gasteiger partial charge in [0.25, 0.3) is 0 Å². The first kappa shape index (κ1) is 16.0. The summed E-state index contributed by atoms with van der Waals surface area (Å²) in [6.45, 7) is 7.33. The number of nitrogens with zero attached hydrogens (tertiary/aromatic N) is 3. The zero-order chi connectivity index (χ0) is 16.5. The first-order valence-corrected chi connectivity index (χ1v) is 9.08. The Kier molecular flexibility index (Phi) is 4.54. The largest absolute Gasteiger partial charge is 0.381 e. The molecule has 132 valence electrons. The van der Waals surface area contributed by atoms with E-state index in [1.54, 1.807) is 0 Å². The maximum Gasteiger partial charge on any atom is 0.231 e. The van der Waals surface area contributed by atoms with Crippen LogP contribution in [0.3, 0.4) is 0 Å². The predicted molar refractivity (Wildman–Crippen MR) is 86.4 cm³/mol. The lowest BCUT2D eigenvalue weighted by Gasteiger charge is -2.34. The Hall–Kier alpha value is -1.47. The molecule has 7 nitrogen and oxygen atoms in total. The lowest BCUT2D eigenvalue weighted by molar-refractivity contribution is -0.129. The monoisotopic (exact) mass is 334 g/mol. The number of ether oxygens (including phenoxy) is 1. The van der Waals surface area contributed by atoms with Crippen molar-refractivity contribution in [3.63, 3.8) is 0 Å². The van der Waals surface area contributed by atoms with Crippen LogP contribution in [0.4, 0.5) is 0 Å². The normalized spacial score (nSPS) is 34.6. The van der Waals surface area contributed by atoms with E-state index in [2.05, 4.69) is 20.4 Å². The number of rotatable bonds is 3. The van der Waals surface area contributed by atoms with Gasteiger partial charge in [0.2, 0.25) is 11.8 Å². The van der Waals surface area contributed by atoms with Gasteiger partial charge in [-0.25, -0.2) is 0 Å². The highest BCUT2D eigenvalue weighted by Crippen LogP contribution is 2.38. The Labute approximate surface area is 142 Å². The lowest BCUT2D eigenvalue weighted by atomic mass is 9.75. The predicted octanol–water partition coefficient (Wildman–Crippen LogP) is 0.956. The summed E-state index contributed by atoms with van der Waals surface area (Å²) in [6.07, 6.45) is 3.08. The molecule has 1 amide bonds. The quantitative estimate of drug-likeness (QED) is 0.887. The van der Waals surface area contributed by atoms with Crippen molar-refractivity contribution < 1.29 is 14.1 Å². The Morgan fingerprint density at radius 2 is 2.12 bits per heavy atom. The second-order valence-corrected chi connectivity index (χ2v) is 7.41. The van der Waals surface area contributed by atoms with E-state index in [0.29, 0.717) is 30.1 Å². The SMILES string of the molecule is Cc1noc([C@@H]2CNC(=O)[C@@H]3CCN(CC4CCOC4)CC[C@@H]32)n1. The average Bonchev–Trinajstić information content (AvgIpc) is 3.18. The molecule has 3 saturated heterocycles. The molecule has 0 spiro atoms. The molecule has 3 aliphatic heterocycles. The maximum atomic E-state index is 12.4. The van der Waals surface area contributed by atoms with Crippen molar-refractivity contribution in [3.05, 3.63) is 11.7 Å². The number of aryl methyl sites for hydroxylation is 1. The number of hydrogen-bond acceptors (Lipinski definition) is 6. The topological polar surface area (TPSA) is 80.5 Å². The van der Waals surface area contributed by atoms with Crippen LogP contribution < -0.4 is 5.32 Å². The molecule has 4 rings (SSSR count). The van der Waals surface area contributed by atoms with Crippen LogP contribution in [-0.4, -0.2) is 60.3 Å². The molecule has 7 heteroatoms. The van der Waals surface area contributed by atoms with Crippen LogP contribution in [0, 0.1) is 24.7 Å². The van der Waals surface area contributed by atoms with E-state index in [-0.39, 0.29) is 17.7 Å². The third-order valence-corrected chi connectivity index (χ3v) is 5.80. The molecule has 4 heterocycles. The van der Waals surface area contributed by atoms with Crippen molar-refractivity contribution in [2.24, 2.45) is 17.8 Å². The fourth-order valence-corrected chi connectivity index (χ4v) is 4.49. The number of amides is 1. The zero-order valence-electron chi connectivity index (χ0n) is 14.2. The summed E-state index contributed by atoms with van der Waals surface area (Å²) in [6, 6.07) is 0. The van der Waals surface area contributed by atoms with E-state index in [0.717, 1.165) is 52.1 Å². The van der Waals surface area contributed by atoms with Gasteiger partial charge in [0.1, 0.15) is 0 Å². The zero-order valence-corrected chi connectivity index (χ0v) is 14.2. The highest BCUT2D eigenvalue weighted by atomic mass is 16.5. The molecule has 0 aromatic carbocycles. The van der Waals surface area contributed by atoms with Crippen LogP contribution in [0.25, 0.3) is 0 Å². The molecule has 4 atom stereocenters. The summed E-state index contributed by atoms with van der Waals surface area (Å²) < 4.78 is 10.9. The molecular formula is C17H26N4O3. The number of carbonyl (C=O) groups is 1. The van der Waals surface area contributed by atoms with Crippen molar-refractivity contribution in [2.75, 3.05) is 39.4 Å². The Morgan fingerprint density at radius 1 is 1.25 bits per heavy atom. The molecule has 1 unspecified atom stereocenters. The van der Waals surface area contributed by atoms with Gasteiger partial charge in [0, 0.05) is 25.6 Å². The summed E-state index contributed by atoms with van der Waals surface area (Å²) >= 11 is 0. The number of likely N-dealkylation sites (tertiary alicyclic amines) is 1. The molecule has 0 radical (unpaired) electrons. The molecule has 3 aliphatic rings. The van der Waals surface area contributed by atoms with Crippen LogP contribution >= 0.6 is 0 Å². The van der Waals surface area contributed by atoms with Crippen molar-refractivity contribution >= 4 is 5.91 Å². The highest BCUT2D eigenvalue weighted by molar-refractivity contribution is 5.80. The molecule has 0 aliphatic carbocycles. The van der Waals surface area contributed by atoms with E-state index in [1.165, 1.54) is 0 Å². The Morgan fingerprint density at radius 3 is 2.88 bits per heavy atom. The van der Waals surface area contributed by atoms with Gasteiger partial charge in [0.05, 0.1) is 12.5 Å². The van der Waals surface area contributed by atoms with E-state index >= 15 is 0 Å². The summed E-state index contributed by atoms with van der Waals surface area (Å²) in [5.74, 6) is 2.68. The smallest absolute Gasteiger partial charge is 0.231 e. The molecule has 1 aromatic rings. The van der Waals surface area contributed by atoms with Gasteiger partial charge in [0.15, 0.2) is 5.82 Å². The minimum absolute atomic E-state index is 0.0563. The Bertz CT molecular complexity index is 584. The minimum atomic E-state index is 0.0563.